The summed E-state index contributed by atoms with van der Waals surface area (Å²) in [6, 6.07) is 25.9. The molecule has 4 rings (SSSR count). The second-order valence-electron chi connectivity index (χ2n) is 7.30. The molecular formula is C25H24N2O2. The van der Waals surface area contributed by atoms with Crippen LogP contribution in [0.25, 0.3) is 11.1 Å². The third-order valence-corrected chi connectivity index (χ3v) is 5.10. The van der Waals surface area contributed by atoms with Gasteiger partial charge >= 0.3 is 0 Å². The molecule has 1 aromatic heterocycles. The fourth-order valence-corrected chi connectivity index (χ4v) is 3.36. The molecular weight excluding hydrogens is 360 g/mol. The van der Waals surface area contributed by atoms with Gasteiger partial charge in [0.1, 0.15) is 5.52 Å². The Hall–Kier alpha value is -3.40. The van der Waals surface area contributed by atoms with Crippen molar-refractivity contribution in [2.75, 3.05) is 6.54 Å². The summed E-state index contributed by atoms with van der Waals surface area (Å²) in [6.07, 6.45) is 1.60. The second-order valence-corrected chi connectivity index (χ2v) is 7.30. The minimum atomic E-state index is -0.100. The molecule has 29 heavy (non-hydrogen) atoms. The SMILES string of the molecule is CC(CNC(=O)c1ccc2nc(CCc3ccccc3)oc2c1)c1ccccc1. The molecule has 0 saturated heterocycles. The standard InChI is InChI=1S/C25H24N2O2/c1-18(20-10-6-3-7-11-20)17-26-25(28)21-13-14-22-23(16-21)29-24(27-22)15-12-19-8-4-2-5-9-19/h2-11,13-14,16,18H,12,15,17H2,1H3,(H,26,28). The summed E-state index contributed by atoms with van der Waals surface area (Å²) in [4.78, 5) is 17.1. The molecule has 0 aliphatic heterocycles. The fraction of sp³-hybridized carbons (Fsp3) is 0.200. The molecule has 0 spiro atoms. The Labute approximate surface area is 170 Å². The first-order chi connectivity index (χ1) is 14.2. The molecule has 0 aliphatic carbocycles. The van der Waals surface area contributed by atoms with Gasteiger partial charge in [0, 0.05) is 18.5 Å². The van der Waals surface area contributed by atoms with E-state index in [9.17, 15) is 4.79 Å². The fourth-order valence-electron chi connectivity index (χ4n) is 3.36. The summed E-state index contributed by atoms with van der Waals surface area (Å²) >= 11 is 0. The van der Waals surface area contributed by atoms with Crippen molar-refractivity contribution in [2.45, 2.75) is 25.7 Å². The van der Waals surface area contributed by atoms with Crippen LogP contribution in [0.3, 0.4) is 0 Å². The number of carbonyl (C=O) groups excluding carboxylic acids is 1. The molecule has 1 atom stereocenters. The van der Waals surface area contributed by atoms with Crippen LogP contribution in [-0.4, -0.2) is 17.4 Å². The van der Waals surface area contributed by atoms with E-state index in [1.165, 1.54) is 11.1 Å². The number of nitrogens with zero attached hydrogens (tertiary/aromatic N) is 1. The average molecular weight is 384 g/mol. The van der Waals surface area contributed by atoms with Gasteiger partial charge in [-0.15, -0.1) is 0 Å². The number of hydrogen-bond donors (Lipinski definition) is 1. The predicted molar refractivity (Wildman–Crippen MR) is 115 cm³/mol. The summed E-state index contributed by atoms with van der Waals surface area (Å²) < 4.78 is 5.88. The minimum absolute atomic E-state index is 0.100. The Kier molecular flexibility index (Phi) is 5.71. The first-order valence-electron chi connectivity index (χ1n) is 9.95. The molecule has 4 heteroatoms. The first kappa shape index (κ1) is 18.9. The molecule has 1 unspecified atom stereocenters. The van der Waals surface area contributed by atoms with Crippen LogP contribution in [0.4, 0.5) is 0 Å². The molecule has 3 aromatic carbocycles. The van der Waals surface area contributed by atoms with Crippen molar-refractivity contribution in [1.29, 1.82) is 0 Å². The molecule has 0 saturated carbocycles. The highest BCUT2D eigenvalue weighted by molar-refractivity contribution is 5.97. The van der Waals surface area contributed by atoms with Crippen molar-refractivity contribution >= 4 is 17.0 Å². The highest BCUT2D eigenvalue weighted by atomic mass is 16.3. The van der Waals surface area contributed by atoms with Crippen molar-refractivity contribution in [3.63, 3.8) is 0 Å². The van der Waals surface area contributed by atoms with E-state index in [-0.39, 0.29) is 11.8 Å². The molecule has 0 aliphatic rings. The topological polar surface area (TPSA) is 55.1 Å². The summed E-state index contributed by atoms with van der Waals surface area (Å²) in [5, 5.41) is 3.01. The lowest BCUT2D eigenvalue weighted by molar-refractivity contribution is 0.0951. The zero-order valence-electron chi connectivity index (χ0n) is 16.5. The number of carbonyl (C=O) groups is 1. The predicted octanol–water partition coefficient (Wildman–Crippen LogP) is 5.15. The van der Waals surface area contributed by atoms with Crippen LogP contribution in [0, 0.1) is 0 Å². The van der Waals surface area contributed by atoms with Gasteiger partial charge in [0.2, 0.25) is 0 Å². The quantitative estimate of drug-likeness (QED) is 0.480. The van der Waals surface area contributed by atoms with Gasteiger partial charge in [-0.25, -0.2) is 4.98 Å². The van der Waals surface area contributed by atoms with Crippen LogP contribution >= 0.6 is 0 Å². The van der Waals surface area contributed by atoms with Crippen molar-refractivity contribution < 1.29 is 9.21 Å². The third kappa shape index (κ3) is 4.72. The van der Waals surface area contributed by atoms with Crippen LogP contribution in [0.2, 0.25) is 0 Å². The maximum atomic E-state index is 12.6. The first-order valence-corrected chi connectivity index (χ1v) is 9.95. The van der Waals surface area contributed by atoms with E-state index < -0.39 is 0 Å². The lowest BCUT2D eigenvalue weighted by Gasteiger charge is -2.13. The Balaban J connectivity index is 1.39. The number of aromatic nitrogens is 1. The summed E-state index contributed by atoms with van der Waals surface area (Å²) in [7, 11) is 0. The molecule has 0 radical (unpaired) electrons. The van der Waals surface area contributed by atoms with Crippen molar-refractivity contribution in [3.8, 4) is 0 Å². The number of fused-ring (bicyclic) bond motifs is 1. The summed E-state index contributed by atoms with van der Waals surface area (Å²) in [5.41, 5.74) is 4.48. The van der Waals surface area contributed by atoms with E-state index >= 15 is 0 Å². The van der Waals surface area contributed by atoms with Gasteiger partial charge in [-0.1, -0.05) is 67.6 Å². The maximum Gasteiger partial charge on any atom is 0.251 e. The smallest absolute Gasteiger partial charge is 0.251 e. The molecule has 4 aromatic rings. The highest BCUT2D eigenvalue weighted by Crippen LogP contribution is 2.19. The van der Waals surface area contributed by atoms with Gasteiger partial charge < -0.3 is 9.73 Å². The van der Waals surface area contributed by atoms with Gasteiger partial charge in [-0.05, 0) is 41.7 Å². The highest BCUT2D eigenvalue weighted by Gasteiger charge is 2.12. The largest absolute Gasteiger partial charge is 0.441 e. The average Bonchev–Trinajstić information content (AvgIpc) is 3.19. The van der Waals surface area contributed by atoms with Crippen LogP contribution in [0.15, 0.2) is 83.3 Å². The number of rotatable bonds is 7. The van der Waals surface area contributed by atoms with E-state index in [0.717, 1.165) is 18.4 Å². The van der Waals surface area contributed by atoms with E-state index in [4.69, 9.17) is 4.42 Å². The van der Waals surface area contributed by atoms with Gasteiger partial charge in [-0.3, -0.25) is 4.79 Å². The Morgan fingerprint density at radius 1 is 0.966 bits per heavy atom. The van der Waals surface area contributed by atoms with Gasteiger partial charge in [-0.2, -0.15) is 0 Å². The van der Waals surface area contributed by atoms with Crippen LogP contribution in [0.5, 0.6) is 0 Å². The normalized spacial score (nSPS) is 12.0. The number of amides is 1. The molecule has 1 amide bonds. The van der Waals surface area contributed by atoms with Crippen molar-refractivity contribution in [1.82, 2.24) is 10.3 Å². The maximum absolute atomic E-state index is 12.6. The summed E-state index contributed by atoms with van der Waals surface area (Å²) in [5.74, 6) is 0.842. The van der Waals surface area contributed by atoms with E-state index in [1.54, 1.807) is 12.1 Å². The van der Waals surface area contributed by atoms with Crippen molar-refractivity contribution in [2.24, 2.45) is 0 Å². The number of hydrogen-bond acceptors (Lipinski definition) is 3. The van der Waals surface area contributed by atoms with Gasteiger partial charge in [0.15, 0.2) is 11.5 Å². The van der Waals surface area contributed by atoms with Gasteiger partial charge in [0.05, 0.1) is 0 Å². The lowest BCUT2D eigenvalue weighted by Crippen LogP contribution is -2.27. The lowest BCUT2D eigenvalue weighted by atomic mass is 10.0. The van der Waals surface area contributed by atoms with Gasteiger partial charge in [0.25, 0.3) is 5.91 Å². The zero-order valence-corrected chi connectivity index (χ0v) is 16.5. The molecule has 0 bridgehead atoms. The van der Waals surface area contributed by atoms with E-state index in [0.29, 0.717) is 23.6 Å². The Morgan fingerprint density at radius 3 is 2.45 bits per heavy atom. The van der Waals surface area contributed by atoms with Crippen LogP contribution in [0.1, 0.15) is 40.2 Å². The number of aryl methyl sites for hydroxylation is 2. The Bertz CT molecular complexity index is 1090. The van der Waals surface area contributed by atoms with E-state index in [2.05, 4.69) is 41.5 Å². The molecule has 0 fully saturated rings. The monoisotopic (exact) mass is 384 g/mol. The Morgan fingerprint density at radius 2 is 1.69 bits per heavy atom. The molecule has 4 nitrogen and oxygen atoms in total. The zero-order chi connectivity index (χ0) is 20.1. The molecule has 1 heterocycles. The third-order valence-electron chi connectivity index (χ3n) is 5.10. The molecule has 1 N–H and O–H groups in total. The number of nitrogens with one attached hydrogen (secondary N) is 1. The van der Waals surface area contributed by atoms with Crippen LogP contribution < -0.4 is 5.32 Å². The number of benzene rings is 3. The minimum Gasteiger partial charge on any atom is -0.441 e. The summed E-state index contributed by atoms with van der Waals surface area (Å²) in [6.45, 7) is 2.69. The number of oxazole rings is 1. The van der Waals surface area contributed by atoms with Crippen LogP contribution in [-0.2, 0) is 12.8 Å². The second kappa shape index (κ2) is 8.74. The molecule has 146 valence electrons. The van der Waals surface area contributed by atoms with E-state index in [1.807, 2.05) is 42.5 Å². The van der Waals surface area contributed by atoms with Crippen molar-refractivity contribution in [3.05, 3.63) is 101 Å².